The topological polar surface area (TPSA) is 127 Å². The van der Waals surface area contributed by atoms with Gasteiger partial charge in [0.15, 0.2) is 4.90 Å². The average molecular weight is 395 g/mol. The number of benzene rings is 1. The molecule has 0 aliphatic carbocycles. The summed E-state index contributed by atoms with van der Waals surface area (Å²) in [6.07, 6.45) is -0.181. The zero-order valence-corrected chi connectivity index (χ0v) is 14.3. The molecule has 0 aliphatic rings. The van der Waals surface area contributed by atoms with E-state index >= 15 is 0 Å². The first kappa shape index (κ1) is 18.5. The van der Waals surface area contributed by atoms with Crippen molar-refractivity contribution in [2.75, 3.05) is 0 Å². The molecule has 0 saturated heterocycles. The lowest BCUT2D eigenvalue weighted by Gasteiger charge is -2.25. The van der Waals surface area contributed by atoms with Crippen LogP contribution in [0.1, 0.15) is 26.7 Å². The van der Waals surface area contributed by atoms with Crippen molar-refractivity contribution in [3.63, 3.8) is 0 Å². The van der Waals surface area contributed by atoms with Crippen molar-refractivity contribution in [1.82, 2.24) is 4.72 Å². The monoisotopic (exact) mass is 394 g/mol. The van der Waals surface area contributed by atoms with Gasteiger partial charge in [0, 0.05) is 22.5 Å². The number of carbonyl (C=O) groups is 1. The van der Waals surface area contributed by atoms with Crippen LogP contribution in [0.2, 0.25) is 0 Å². The lowest BCUT2D eigenvalue weighted by atomic mass is 10.0. The highest BCUT2D eigenvalue weighted by atomic mass is 79.9. The molecule has 0 spiro atoms. The predicted octanol–water partition coefficient (Wildman–Crippen LogP) is 2.28. The Hall–Kier alpha value is -1.52. The first-order valence-electron chi connectivity index (χ1n) is 6.14. The molecule has 0 amide bonds. The molecule has 0 bridgehead atoms. The van der Waals surface area contributed by atoms with Crippen LogP contribution in [-0.4, -0.2) is 30.0 Å². The van der Waals surface area contributed by atoms with Crippen molar-refractivity contribution in [1.29, 1.82) is 0 Å². The van der Waals surface area contributed by atoms with Crippen LogP contribution in [0, 0.1) is 10.1 Å². The smallest absolute Gasteiger partial charge is 0.303 e. The van der Waals surface area contributed by atoms with E-state index in [1.807, 2.05) is 0 Å². The van der Waals surface area contributed by atoms with E-state index in [1.54, 1.807) is 0 Å². The maximum Gasteiger partial charge on any atom is 0.303 e. The average Bonchev–Trinajstić information content (AvgIpc) is 2.35. The van der Waals surface area contributed by atoms with Crippen LogP contribution in [0.15, 0.2) is 27.6 Å². The van der Waals surface area contributed by atoms with Crippen molar-refractivity contribution in [2.45, 2.75) is 37.1 Å². The Labute approximate surface area is 135 Å². The van der Waals surface area contributed by atoms with Crippen molar-refractivity contribution >= 4 is 37.6 Å². The second kappa shape index (κ2) is 6.71. The molecule has 1 rings (SSSR count). The minimum atomic E-state index is -4.18. The number of nitrogens with one attached hydrogen (secondary N) is 1. The Morgan fingerprint density at radius 2 is 2.05 bits per heavy atom. The van der Waals surface area contributed by atoms with Gasteiger partial charge in [0.1, 0.15) is 0 Å². The lowest BCUT2D eigenvalue weighted by Crippen LogP contribution is -2.43. The van der Waals surface area contributed by atoms with E-state index in [0.717, 1.165) is 12.1 Å². The van der Waals surface area contributed by atoms with Gasteiger partial charge >= 0.3 is 5.97 Å². The summed E-state index contributed by atoms with van der Waals surface area (Å²) in [6, 6.07) is 3.59. The van der Waals surface area contributed by atoms with E-state index in [9.17, 15) is 23.3 Å². The van der Waals surface area contributed by atoms with Gasteiger partial charge in [0.2, 0.25) is 10.0 Å². The van der Waals surface area contributed by atoms with Gasteiger partial charge in [-0.25, -0.2) is 13.1 Å². The Balaban J connectivity index is 3.17. The van der Waals surface area contributed by atoms with Gasteiger partial charge in [-0.1, -0.05) is 15.9 Å². The molecule has 0 unspecified atom stereocenters. The highest BCUT2D eigenvalue weighted by molar-refractivity contribution is 9.10. The molecule has 0 atom stereocenters. The Bertz CT molecular complexity index is 702. The van der Waals surface area contributed by atoms with Crippen LogP contribution in [0.4, 0.5) is 5.69 Å². The fraction of sp³-hybridized carbons (Fsp3) is 0.417. The minimum absolute atomic E-state index is 0.0450. The largest absolute Gasteiger partial charge is 0.481 e. The third-order valence-electron chi connectivity index (χ3n) is 2.78. The quantitative estimate of drug-likeness (QED) is 0.539. The van der Waals surface area contributed by atoms with E-state index < -0.39 is 37.0 Å². The van der Waals surface area contributed by atoms with Crippen molar-refractivity contribution in [2.24, 2.45) is 0 Å². The number of hydrogen-bond donors (Lipinski definition) is 2. The van der Waals surface area contributed by atoms with Crippen LogP contribution < -0.4 is 4.72 Å². The van der Waals surface area contributed by atoms with Gasteiger partial charge in [-0.3, -0.25) is 14.9 Å². The van der Waals surface area contributed by atoms with Gasteiger partial charge in [-0.15, -0.1) is 0 Å². The van der Waals surface area contributed by atoms with E-state index in [-0.39, 0.29) is 12.8 Å². The SMILES string of the molecule is CC(C)(CCC(=O)O)NS(=O)(=O)c1cc(Br)ccc1[N+](=O)[O-]. The number of sulfonamides is 1. The first-order valence-corrected chi connectivity index (χ1v) is 8.42. The van der Waals surface area contributed by atoms with E-state index in [0.29, 0.717) is 4.47 Å². The van der Waals surface area contributed by atoms with Gasteiger partial charge in [-0.05, 0) is 32.4 Å². The molecule has 0 heterocycles. The van der Waals surface area contributed by atoms with Crippen molar-refractivity contribution < 1.29 is 23.2 Å². The van der Waals surface area contributed by atoms with Crippen LogP contribution in [0.25, 0.3) is 0 Å². The summed E-state index contributed by atoms with van der Waals surface area (Å²) in [5.74, 6) is -1.05. The molecule has 0 fully saturated rings. The summed E-state index contributed by atoms with van der Waals surface area (Å²) in [4.78, 5) is 20.3. The summed E-state index contributed by atoms with van der Waals surface area (Å²) in [5, 5.41) is 19.7. The molecule has 1 aromatic carbocycles. The molecular weight excluding hydrogens is 380 g/mol. The maximum absolute atomic E-state index is 12.4. The molecule has 10 heteroatoms. The second-order valence-electron chi connectivity index (χ2n) is 5.25. The van der Waals surface area contributed by atoms with Gasteiger partial charge in [0.25, 0.3) is 5.69 Å². The minimum Gasteiger partial charge on any atom is -0.481 e. The predicted molar refractivity (Wildman–Crippen MR) is 82.1 cm³/mol. The molecule has 8 nitrogen and oxygen atoms in total. The molecule has 0 radical (unpaired) electrons. The first-order chi connectivity index (χ1) is 9.94. The van der Waals surface area contributed by atoms with E-state index in [4.69, 9.17) is 5.11 Å². The molecule has 0 aromatic heterocycles. The Morgan fingerprint density at radius 3 is 2.55 bits per heavy atom. The van der Waals surface area contributed by atoms with Gasteiger partial charge < -0.3 is 5.11 Å². The fourth-order valence-electron chi connectivity index (χ4n) is 1.74. The summed E-state index contributed by atoms with van der Waals surface area (Å²) in [7, 11) is -4.18. The number of nitro groups is 1. The van der Waals surface area contributed by atoms with Crippen LogP contribution in [0.5, 0.6) is 0 Å². The molecule has 0 saturated carbocycles. The number of carboxylic acid groups (broad SMARTS) is 1. The fourth-order valence-corrected chi connectivity index (χ4v) is 3.90. The lowest BCUT2D eigenvalue weighted by molar-refractivity contribution is -0.387. The molecule has 122 valence electrons. The van der Waals surface area contributed by atoms with Crippen molar-refractivity contribution in [3.8, 4) is 0 Å². The Kier molecular flexibility index (Phi) is 5.65. The van der Waals surface area contributed by atoms with Crippen LogP contribution in [-0.2, 0) is 14.8 Å². The molecule has 0 aliphatic heterocycles. The number of carboxylic acids is 1. The van der Waals surface area contributed by atoms with Crippen molar-refractivity contribution in [3.05, 3.63) is 32.8 Å². The van der Waals surface area contributed by atoms with Gasteiger partial charge in [0.05, 0.1) is 4.92 Å². The summed E-state index contributed by atoms with van der Waals surface area (Å²) >= 11 is 3.07. The zero-order valence-electron chi connectivity index (χ0n) is 11.9. The molecule has 2 N–H and O–H groups in total. The third kappa shape index (κ3) is 5.04. The summed E-state index contributed by atoms with van der Waals surface area (Å²) < 4.78 is 27.5. The molecule has 22 heavy (non-hydrogen) atoms. The zero-order chi connectivity index (χ0) is 17.1. The summed E-state index contributed by atoms with van der Waals surface area (Å²) in [5.41, 5.74) is -1.61. The van der Waals surface area contributed by atoms with E-state index in [2.05, 4.69) is 20.7 Å². The number of aliphatic carboxylic acids is 1. The number of nitro benzene ring substituents is 1. The summed E-state index contributed by atoms with van der Waals surface area (Å²) in [6.45, 7) is 3.02. The third-order valence-corrected chi connectivity index (χ3v) is 5.00. The number of rotatable bonds is 7. The highest BCUT2D eigenvalue weighted by Crippen LogP contribution is 2.28. The number of hydrogen-bond acceptors (Lipinski definition) is 5. The molecule has 1 aromatic rings. The maximum atomic E-state index is 12.4. The van der Waals surface area contributed by atoms with Gasteiger partial charge in [-0.2, -0.15) is 0 Å². The Morgan fingerprint density at radius 1 is 1.45 bits per heavy atom. The molecular formula is C12H15BrN2O6S. The van der Waals surface area contributed by atoms with E-state index in [1.165, 1.54) is 19.9 Å². The second-order valence-corrected chi connectivity index (χ2v) is 7.82. The normalized spacial score (nSPS) is 12.1. The standard InChI is InChI=1S/C12H15BrN2O6S/c1-12(2,6-5-11(16)17)14-22(20,21)10-7-8(13)3-4-9(10)15(18)19/h3-4,7,14H,5-6H2,1-2H3,(H,16,17). The van der Waals surface area contributed by atoms with Crippen LogP contribution in [0.3, 0.4) is 0 Å². The highest BCUT2D eigenvalue weighted by Gasteiger charge is 2.31. The number of halogens is 1. The number of nitrogens with zero attached hydrogens (tertiary/aromatic N) is 1. The van der Waals surface area contributed by atoms with Crippen LogP contribution >= 0.6 is 15.9 Å².